The molecule has 0 amide bonds. The van der Waals surface area contributed by atoms with Crippen molar-refractivity contribution in [1.82, 2.24) is 15.1 Å². The van der Waals surface area contributed by atoms with Crippen LogP contribution in [0.5, 0.6) is 0 Å². The zero-order chi connectivity index (χ0) is 13.1. The molecule has 0 spiro atoms. The smallest absolute Gasteiger partial charge is 0.129 e. The van der Waals surface area contributed by atoms with Gasteiger partial charge in [0.1, 0.15) is 5.82 Å². The number of hydrogen-bond donors (Lipinski definition) is 1. The predicted molar refractivity (Wildman–Crippen MR) is 70.6 cm³/mol. The highest BCUT2D eigenvalue weighted by Gasteiger charge is 2.11. The maximum atomic E-state index is 13.9. The summed E-state index contributed by atoms with van der Waals surface area (Å²) in [5, 5.41) is 7.98. The topological polar surface area (TPSA) is 29.9 Å². The minimum atomic E-state index is -0.238. The van der Waals surface area contributed by atoms with E-state index in [1.165, 1.54) is 6.07 Å². The monoisotopic (exact) mass is 267 g/mol. The van der Waals surface area contributed by atoms with E-state index < -0.39 is 0 Å². The lowest BCUT2D eigenvalue weighted by Gasteiger charge is -2.10. The standard InChI is InChI=1S/C13H15ClFN3/c1-3-16-7-10-12(15)5-4-6-13(10)18-8-11(14)9(2)17-18/h4-6,8,16H,3,7H2,1-2H3. The van der Waals surface area contributed by atoms with Gasteiger partial charge in [-0.15, -0.1) is 0 Å². The van der Waals surface area contributed by atoms with Gasteiger partial charge in [-0.25, -0.2) is 9.07 Å². The highest BCUT2D eigenvalue weighted by molar-refractivity contribution is 6.31. The van der Waals surface area contributed by atoms with Crippen LogP contribution < -0.4 is 5.32 Å². The summed E-state index contributed by atoms with van der Waals surface area (Å²) in [4.78, 5) is 0. The molecule has 0 unspecified atom stereocenters. The molecule has 0 aliphatic rings. The van der Waals surface area contributed by atoms with Crippen LogP contribution in [0.15, 0.2) is 24.4 Å². The summed E-state index contributed by atoms with van der Waals surface area (Å²) in [5.74, 6) is -0.238. The van der Waals surface area contributed by atoms with Crippen LogP contribution in [-0.4, -0.2) is 16.3 Å². The molecule has 18 heavy (non-hydrogen) atoms. The number of nitrogens with zero attached hydrogens (tertiary/aromatic N) is 2. The normalized spacial score (nSPS) is 10.9. The van der Waals surface area contributed by atoms with Crippen molar-refractivity contribution in [3.63, 3.8) is 0 Å². The molecule has 0 aliphatic carbocycles. The average Bonchev–Trinajstić information content (AvgIpc) is 2.68. The minimum absolute atomic E-state index is 0.238. The van der Waals surface area contributed by atoms with Crippen molar-refractivity contribution in [2.45, 2.75) is 20.4 Å². The van der Waals surface area contributed by atoms with E-state index in [0.29, 0.717) is 22.8 Å². The maximum Gasteiger partial charge on any atom is 0.129 e. The summed E-state index contributed by atoms with van der Waals surface area (Å²) in [6.45, 7) is 5.05. The zero-order valence-electron chi connectivity index (χ0n) is 10.4. The van der Waals surface area contributed by atoms with Gasteiger partial charge < -0.3 is 5.32 Å². The summed E-state index contributed by atoms with van der Waals surface area (Å²) in [7, 11) is 0. The van der Waals surface area contributed by atoms with Gasteiger partial charge in [0.25, 0.3) is 0 Å². The van der Waals surface area contributed by atoms with Gasteiger partial charge in [-0.3, -0.25) is 0 Å². The highest BCUT2D eigenvalue weighted by Crippen LogP contribution is 2.21. The Kier molecular flexibility index (Phi) is 3.99. The number of benzene rings is 1. The number of halogens is 2. The van der Waals surface area contributed by atoms with Crippen molar-refractivity contribution in [2.75, 3.05) is 6.54 Å². The second-order valence-corrected chi connectivity index (χ2v) is 4.43. The molecule has 0 radical (unpaired) electrons. The van der Waals surface area contributed by atoms with E-state index in [4.69, 9.17) is 11.6 Å². The van der Waals surface area contributed by atoms with Crippen LogP contribution in [-0.2, 0) is 6.54 Å². The van der Waals surface area contributed by atoms with E-state index in [1.807, 2.05) is 19.9 Å². The van der Waals surface area contributed by atoms with Gasteiger partial charge in [0.2, 0.25) is 0 Å². The third-order valence-corrected chi connectivity index (χ3v) is 3.10. The molecule has 2 aromatic rings. The van der Waals surface area contributed by atoms with Gasteiger partial charge in [0.15, 0.2) is 0 Å². The Hall–Kier alpha value is -1.39. The number of rotatable bonds is 4. The molecule has 96 valence electrons. The van der Waals surface area contributed by atoms with Gasteiger partial charge in [0.05, 0.1) is 16.4 Å². The van der Waals surface area contributed by atoms with E-state index in [-0.39, 0.29) is 5.82 Å². The van der Waals surface area contributed by atoms with Gasteiger partial charge in [-0.2, -0.15) is 5.10 Å². The van der Waals surface area contributed by atoms with Crippen LogP contribution in [0.1, 0.15) is 18.2 Å². The molecule has 1 aromatic carbocycles. The summed E-state index contributed by atoms with van der Waals surface area (Å²) >= 11 is 5.98. The Balaban J connectivity index is 2.46. The first kappa shape index (κ1) is 13.1. The molecule has 0 saturated carbocycles. The van der Waals surface area contributed by atoms with E-state index in [2.05, 4.69) is 10.4 Å². The van der Waals surface area contributed by atoms with Gasteiger partial charge in [0, 0.05) is 18.3 Å². The largest absolute Gasteiger partial charge is 0.313 e. The molecule has 0 bridgehead atoms. The summed E-state index contributed by atoms with van der Waals surface area (Å²) in [6.07, 6.45) is 1.70. The lowest BCUT2D eigenvalue weighted by atomic mass is 10.1. The van der Waals surface area contributed by atoms with E-state index in [0.717, 1.165) is 12.2 Å². The second kappa shape index (κ2) is 5.50. The Labute approximate surface area is 111 Å². The molecule has 0 aliphatic heterocycles. The van der Waals surface area contributed by atoms with Crippen molar-refractivity contribution in [1.29, 1.82) is 0 Å². The fourth-order valence-corrected chi connectivity index (χ4v) is 1.88. The summed E-state index contributed by atoms with van der Waals surface area (Å²) in [5.41, 5.74) is 2.04. The zero-order valence-corrected chi connectivity index (χ0v) is 11.1. The third-order valence-electron chi connectivity index (χ3n) is 2.73. The highest BCUT2D eigenvalue weighted by atomic mass is 35.5. The fourth-order valence-electron chi connectivity index (χ4n) is 1.75. The minimum Gasteiger partial charge on any atom is -0.313 e. The fraction of sp³-hybridized carbons (Fsp3) is 0.308. The molecule has 2 rings (SSSR count). The Morgan fingerprint density at radius 1 is 1.44 bits per heavy atom. The van der Waals surface area contributed by atoms with Crippen LogP contribution in [0.3, 0.4) is 0 Å². The SMILES string of the molecule is CCNCc1c(F)cccc1-n1cc(Cl)c(C)n1. The first-order chi connectivity index (χ1) is 8.63. The molecule has 0 saturated heterocycles. The molecule has 3 nitrogen and oxygen atoms in total. The number of aryl methyl sites for hydroxylation is 1. The maximum absolute atomic E-state index is 13.9. The summed E-state index contributed by atoms with van der Waals surface area (Å²) in [6, 6.07) is 4.96. The molecule has 0 atom stereocenters. The molecule has 1 heterocycles. The van der Waals surface area contributed by atoms with Crippen molar-refractivity contribution in [2.24, 2.45) is 0 Å². The van der Waals surface area contributed by atoms with Crippen LogP contribution in [0.25, 0.3) is 5.69 Å². The second-order valence-electron chi connectivity index (χ2n) is 4.02. The van der Waals surface area contributed by atoms with Crippen molar-refractivity contribution in [3.05, 3.63) is 46.5 Å². The van der Waals surface area contributed by atoms with Crippen molar-refractivity contribution >= 4 is 11.6 Å². The first-order valence-corrected chi connectivity index (χ1v) is 6.21. The first-order valence-electron chi connectivity index (χ1n) is 5.83. The Morgan fingerprint density at radius 2 is 2.22 bits per heavy atom. The lowest BCUT2D eigenvalue weighted by molar-refractivity contribution is 0.589. The van der Waals surface area contributed by atoms with Gasteiger partial charge in [-0.05, 0) is 25.6 Å². The average molecular weight is 268 g/mol. The lowest BCUT2D eigenvalue weighted by Crippen LogP contribution is -2.15. The predicted octanol–water partition coefficient (Wildman–Crippen LogP) is 3.08. The van der Waals surface area contributed by atoms with Crippen molar-refractivity contribution < 1.29 is 4.39 Å². The van der Waals surface area contributed by atoms with Crippen molar-refractivity contribution in [3.8, 4) is 5.69 Å². The van der Waals surface area contributed by atoms with Crippen LogP contribution in [0.2, 0.25) is 5.02 Å². The van der Waals surface area contributed by atoms with Crippen LogP contribution in [0.4, 0.5) is 4.39 Å². The third kappa shape index (κ3) is 2.54. The van der Waals surface area contributed by atoms with Crippen LogP contribution in [0, 0.1) is 12.7 Å². The van der Waals surface area contributed by atoms with Gasteiger partial charge in [-0.1, -0.05) is 24.6 Å². The van der Waals surface area contributed by atoms with E-state index in [1.54, 1.807) is 16.9 Å². The molecular weight excluding hydrogens is 253 g/mol. The molecule has 1 N–H and O–H groups in total. The molecule has 1 aromatic heterocycles. The molecular formula is C13H15ClFN3. The van der Waals surface area contributed by atoms with E-state index >= 15 is 0 Å². The summed E-state index contributed by atoms with van der Waals surface area (Å²) < 4.78 is 15.5. The Morgan fingerprint density at radius 3 is 2.83 bits per heavy atom. The quantitative estimate of drug-likeness (QED) is 0.923. The van der Waals surface area contributed by atoms with Crippen LogP contribution >= 0.6 is 11.6 Å². The number of hydrogen-bond acceptors (Lipinski definition) is 2. The Bertz CT molecular complexity index is 532. The number of aromatic nitrogens is 2. The molecule has 5 heteroatoms. The molecule has 0 fully saturated rings. The van der Waals surface area contributed by atoms with E-state index in [9.17, 15) is 4.39 Å². The van der Waals surface area contributed by atoms with Gasteiger partial charge >= 0.3 is 0 Å². The number of nitrogens with one attached hydrogen (secondary N) is 1.